The van der Waals surface area contributed by atoms with Crippen molar-refractivity contribution >= 4 is 29.2 Å². The number of nitrogens with zero attached hydrogens (tertiary/aromatic N) is 3. The van der Waals surface area contributed by atoms with Crippen molar-refractivity contribution in [2.45, 2.75) is 36.7 Å². The number of thioether (sulfide) groups is 1. The van der Waals surface area contributed by atoms with Crippen LogP contribution in [0.25, 0.3) is 0 Å². The molecule has 3 atom stereocenters. The molecule has 0 spiro atoms. The molecule has 1 fully saturated rings. The highest BCUT2D eigenvalue weighted by Gasteiger charge is 2.32. The molecule has 1 aliphatic rings. The molecule has 0 saturated carbocycles. The normalized spacial score (nSPS) is 17.9. The van der Waals surface area contributed by atoms with Crippen LogP contribution in [0.1, 0.15) is 35.5 Å². The summed E-state index contributed by atoms with van der Waals surface area (Å²) in [4.78, 5) is 12.9. The summed E-state index contributed by atoms with van der Waals surface area (Å²) in [7, 11) is 1.91. The van der Waals surface area contributed by atoms with Gasteiger partial charge in [-0.15, -0.1) is 10.2 Å². The minimum Gasteiger partial charge on any atom is -0.457 e. The first-order valence-electron chi connectivity index (χ1n) is 14.5. The molecule has 0 bridgehead atoms. The van der Waals surface area contributed by atoms with E-state index in [2.05, 4.69) is 20.8 Å². The molecule has 45 heavy (non-hydrogen) atoms. The Morgan fingerprint density at radius 2 is 1.67 bits per heavy atom. The third-order valence-corrected chi connectivity index (χ3v) is 8.36. The number of rotatable bonds is 10. The molecule has 10 nitrogen and oxygen atoms in total. The number of aromatic nitrogens is 3. The molecule has 1 saturated heterocycles. The van der Waals surface area contributed by atoms with Crippen molar-refractivity contribution in [2.24, 2.45) is 7.05 Å². The monoisotopic (exact) mass is 623 g/mol. The molecule has 2 heterocycles. The molecule has 0 radical (unpaired) electrons. The number of aliphatic hydroxyl groups is 1. The van der Waals surface area contributed by atoms with Crippen LogP contribution in [0.15, 0.2) is 115 Å². The molecular weight excluding hydrogens is 590 g/mol. The Morgan fingerprint density at radius 3 is 2.40 bits per heavy atom. The maximum atomic E-state index is 12.9. The number of urea groups is 1. The third-order valence-electron chi connectivity index (χ3n) is 7.19. The van der Waals surface area contributed by atoms with Crippen molar-refractivity contribution in [2.75, 3.05) is 16.4 Å². The van der Waals surface area contributed by atoms with Gasteiger partial charge in [0.2, 0.25) is 0 Å². The Morgan fingerprint density at radius 1 is 0.911 bits per heavy atom. The first-order valence-corrected chi connectivity index (χ1v) is 15.5. The first kappa shape index (κ1) is 30.4. The van der Waals surface area contributed by atoms with E-state index in [1.165, 1.54) is 0 Å². The molecule has 11 heteroatoms. The Bertz CT molecular complexity index is 1700. The van der Waals surface area contributed by atoms with Crippen molar-refractivity contribution in [3.05, 3.63) is 126 Å². The quantitative estimate of drug-likeness (QED) is 0.141. The van der Waals surface area contributed by atoms with E-state index >= 15 is 0 Å². The number of anilines is 2. The highest BCUT2D eigenvalue weighted by atomic mass is 32.2. The summed E-state index contributed by atoms with van der Waals surface area (Å²) in [5.41, 5.74) is 3.84. The van der Waals surface area contributed by atoms with Crippen molar-refractivity contribution < 1.29 is 24.1 Å². The fourth-order valence-corrected chi connectivity index (χ4v) is 5.79. The van der Waals surface area contributed by atoms with Crippen molar-refractivity contribution in [3.8, 4) is 11.5 Å². The lowest BCUT2D eigenvalue weighted by Gasteiger charge is -2.36. The zero-order valence-electron chi connectivity index (χ0n) is 24.6. The summed E-state index contributed by atoms with van der Waals surface area (Å²) in [5.74, 6) is 2.07. The van der Waals surface area contributed by atoms with Crippen LogP contribution in [0, 0.1) is 0 Å². The number of ether oxygens (including phenoxy) is 3. The molecule has 230 valence electrons. The Hall–Kier alpha value is -4.68. The minimum absolute atomic E-state index is 0.0180. The number of carbonyl (C=O) groups is 1. The largest absolute Gasteiger partial charge is 0.457 e. The number of aryl methyl sites for hydroxylation is 1. The number of hydrogen-bond donors (Lipinski definition) is 3. The van der Waals surface area contributed by atoms with E-state index in [0.29, 0.717) is 29.3 Å². The lowest BCUT2D eigenvalue weighted by molar-refractivity contribution is -0.245. The number of aliphatic hydroxyl groups excluding tert-OH is 1. The molecular formula is C34H33N5O5S. The fraction of sp³-hybridized carbons (Fsp3) is 0.206. The average Bonchev–Trinajstić information content (AvgIpc) is 3.49. The van der Waals surface area contributed by atoms with Gasteiger partial charge in [-0.05, 0) is 59.7 Å². The average molecular weight is 624 g/mol. The second-order valence-corrected chi connectivity index (χ2v) is 11.5. The van der Waals surface area contributed by atoms with Gasteiger partial charge in [0.25, 0.3) is 0 Å². The smallest absolute Gasteiger partial charge is 0.323 e. The van der Waals surface area contributed by atoms with E-state index in [4.69, 9.17) is 14.2 Å². The predicted molar refractivity (Wildman–Crippen MR) is 172 cm³/mol. The summed E-state index contributed by atoms with van der Waals surface area (Å²) in [5, 5.41) is 24.2. The van der Waals surface area contributed by atoms with Crippen LogP contribution >= 0.6 is 11.8 Å². The maximum Gasteiger partial charge on any atom is 0.323 e. The van der Waals surface area contributed by atoms with Gasteiger partial charge in [-0.1, -0.05) is 66.4 Å². The molecule has 1 aromatic heterocycles. The van der Waals surface area contributed by atoms with Crippen LogP contribution < -0.4 is 15.4 Å². The van der Waals surface area contributed by atoms with Gasteiger partial charge in [0.15, 0.2) is 11.4 Å². The highest BCUT2D eigenvalue weighted by Crippen LogP contribution is 2.39. The van der Waals surface area contributed by atoms with Gasteiger partial charge in [-0.2, -0.15) is 0 Å². The number of hydrogen-bond acceptors (Lipinski definition) is 8. The van der Waals surface area contributed by atoms with Crippen LogP contribution in [0.5, 0.6) is 11.5 Å². The number of nitrogens with one attached hydrogen (secondary N) is 2. The van der Waals surface area contributed by atoms with Gasteiger partial charge in [0, 0.05) is 36.2 Å². The van der Waals surface area contributed by atoms with Crippen LogP contribution in [0.3, 0.4) is 0 Å². The number of para-hydroxylation sites is 1. The summed E-state index contributed by atoms with van der Waals surface area (Å²) in [6, 6.07) is 31.5. The second-order valence-electron chi connectivity index (χ2n) is 10.5. The summed E-state index contributed by atoms with van der Waals surface area (Å²) in [6.07, 6.45) is 1.30. The van der Waals surface area contributed by atoms with E-state index < -0.39 is 6.29 Å². The summed E-state index contributed by atoms with van der Waals surface area (Å²) in [6.45, 7) is -0.0180. The third kappa shape index (κ3) is 8.08. The second kappa shape index (κ2) is 14.4. The minimum atomic E-state index is -0.659. The van der Waals surface area contributed by atoms with Crippen LogP contribution in [-0.2, 0) is 23.1 Å². The van der Waals surface area contributed by atoms with Gasteiger partial charge < -0.3 is 34.5 Å². The van der Waals surface area contributed by atoms with Crippen molar-refractivity contribution in [1.29, 1.82) is 0 Å². The topological polar surface area (TPSA) is 120 Å². The maximum absolute atomic E-state index is 12.9. The SMILES string of the molecule is Cn1cnnc1SC[C@H]1C[C@@H](c2ccc(CO)cc2)O[C@@H](c2cccc(NC(=O)Nc3ccc(Oc4ccccc4)cc3)c2)O1. The summed E-state index contributed by atoms with van der Waals surface area (Å²) < 4.78 is 20.6. The Labute approximate surface area is 265 Å². The molecule has 0 aliphatic carbocycles. The first-order chi connectivity index (χ1) is 22.0. The van der Waals surface area contributed by atoms with E-state index in [0.717, 1.165) is 27.6 Å². The molecule has 3 N–H and O–H groups in total. The van der Waals surface area contributed by atoms with E-state index in [1.54, 1.807) is 42.4 Å². The Balaban J connectivity index is 1.12. The van der Waals surface area contributed by atoms with Crippen molar-refractivity contribution in [3.63, 3.8) is 0 Å². The van der Waals surface area contributed by atoms with Crippen LogP contribution in [-0.4, -0.2) is 37.8 Å². The van der Waals surface area contributed by atoms with E-state index in [-0.39, 0.29) is 24.8 Å². The zero-order valence-corrected chi connectivity index (χ0v) is 25.4. The van der Waals surface area contributed by atoms with Gasteiger partial charge >= 0.3 is 6.03 Å². The molecule has 5 aromatic rings. The van der Waals surface area contributed by atoms with Crippen molar-refractivity contribution in [1.82, 2.24) is 14.8 Å². The van der Waals surface area contributed by atoms with Crippen LogP contribution in [0.2, 0.25) is 0 Å². The van der Waals surface area contributed by atoms with Gasteiger partial charge in [0.1, 0.15) is 17.8 Å². The molecule has 2 amide bonds. The standard InChI is InChI=1S/C34H33N5O5S/c1-39-22-35-38-34(39)45-21-30-19-31(24-12-10-23(20-40)11-13-24)44-32(43-30)25-6-5-7-27(18-25)37-33(41)36-26-14-16-29(17-15-26)42-28-8-3-2-4-9-28/h2-18,22,30-32,40H,19-21H2,1H3,(H2,36,37,41)/t30-,31+,32+/m1/s1. The lowest BCUT2D eigenvalue weighted by Crippen LogP contribution is -2.31. The highest BCUT2D eigenvalue weighted by molar-refractivity contribution is 7.99. The van der Waals surface area contributed by atoms with Gasteiger partial charge in [-0.3, -0.25) is 0 Å². The van der Waals surface area contributed by atoms with Crippen LogP contribution in [0.4, 0.5) is 16.2 Å². The van der Waals surface area contributed by atoms with Gasteiger partial charge in [0.05, 0.1) is 18.8 Å². The summed E-state index contributed by atoms with van der Waals surface area (Å²) >= 11 is 1.58. The number of carbonyl (C=O) groups excluding carboxylic acids is 1. The number of amides is 2. The molecule has 0 unspecified atom stereocenters. The number of benzene rings is 4. The molecule has 1 aliphatic heterocycles. The van der Waals surface area contributed by atoms with E-state index in [1.807, 2.05) is 90.5 Å². The zero-order chi connectivity index (χ0) is 31.0. The lowest BCUT2D eigenvalue weighted by atomic mass is 10.0. The Kier molecular flexibility index (Phi) is 9.71. The van der Waals surface area contributed by atoms with Gasteiger partial charge in [-0.25, -0.2) is 4.79 Å². The van der Waals surface area contributed by atoms with E-state index in [9.17, 15) is 9.90 Å². The predicted octanol–water partition coefficient (Wildman–Crippen LogP) is 7.08. The molecule has 4 aromatic carbocycles. The fourth-order valence-electron chi connectivity index (χ4n) is 4.88. The molecule has 6 rings (SSSR count).